The van der Waals surface area contributed by atoms with E-state index in [9.17, 15) is 0 Å². The lowest BCUT2D eigenvalue weighted by Crippen LogP contribution is -2.05. The first kappa shape index (κ1) is 20.6. The molecule has 144 valence electrons. The second kappa shape index (κ2) is 10.4. The Morgan fingerprint density at radius 3 is 2.30 bits per heavy atom. The van der Waals surface area contributed by atoms with Crippen LogP contribution in [0.15, 0.2) is 53.7 Å². The topological polar surface area (TPSA) is 40.0 Å². The van der Waals surface area contributed by atoms with Crippen LogP contribution in [-0.2, 0) is 11.3 Å². The predicted octanol–water partition coefficient (Wildman–Crippen LogP) is 5.25. The molecule has 0 heterocycles. The Morgan fingerprint density at radius 1 is 1.04 bits per heavy atom. The molecule has 0 saturated carbocycles. The molecule has 0 aliphatic heterocycles. The Morgan fingerprint density at radius 2 is 1.70 bits per heavy atom. The van der Waals surface area contributed by atoms with Crippen molar-refractivity contribution in [2.24, 2.45) is 5.16 Å². The van der Waals surface area contributed by atoms with Gasteiger partial charge in [0.25, 0.3) is 0 Å². The number of rotatable bonds is 9. The lowest BCUT2D eigenvalue weighted by Gasteiger charge is -2.14. The molecule has 0 unspecified atom stereocenters. The van der Waals surface area contributed by atoms with Crippen LogP contribution < -0.4 is 9.47 Å². The molecular formula is C23H29NO3. The van der Waals surface area contributed by atoms with E-state index in [4.69, 9.17) is 14.3 Å². The van der Waals surface area contributed by atoms with Gasteiger partial charge in [0.15, 0.2) is 0 Å². The van der Waals surface area contributed by atoms with Gasteiger partial charge in [0.05, 0.1) is 12.3 Å². The third-order valence-electron chi connectivity index (χ3n) is 4.25. The molecule has 4 heteroatoms. The smallest absolute Gasteiger partial charge is 0.125 e. The van der Waals surface area contributed by atoms with E-state index in [0.29, 0.717) is 13.2 Å². The maximum Gasteiger partial charge on any atom is 0.125 e. The summed E-state index contributed by atoms with van der Waals surface area (Å²) in [7, 11) is 1.56. The number of oxime groups is 1. The van der Waals surface area contributed by atoms with Crippen LogP contribution in [0.4, 0.5) is 0 Å². The molecule has 0 fully saturated rings. The number of benzene rings is 2. The Labute approximate surface area is 162 Å². The van der Waals surface area contributed by atoms with Crippen LogP contribution in [0.2, 0.25) is 0 Å². The van der Waals surface area contributed by atoms with Crippen LogP contribution in [0.1, 0.15) is 36.1 Å². The summed E-state index contributed by atoms with van der Waals surface area (Å²) in [5, 5.41) is 3.95. The van der Waals surface area contributed by atoms with E-state index in [0.717, 1.165) is 40.3 Å². The molecule has 0 aromatic heterocycles. The van der Waals surface area contributed by atoms with Crippen molar-refractivity contribution in [3.8, 4) is 11.5 Å². The third kappa shape index (κ3) is 6.17. The lowest BCUT2D eigenvalue weighted by atomic mass is 10.1. The van der Waals surface area contributed by atoms with Crippen LogP contribution in [0.3, 0.4) is 0 Å². The first-order chi connectivity index (χ1) is 13.0. The van der Waals surface area contributed by atoms with Gasteiger partial charge in [-0.2, -0.15) is 0 Å². The number of ether oxygens (including phenoxy) is 2. The Bertz CT molecular complexity index is 769. The highest BCUT2D eigenvalue weighted by molar-refractivity contribution is 5.98. The van der Waals surface area contributed by atoms with Gasteiger partial charge in [0, 0.05) is 6.42 Å². The standard InChI is InChI=1S/C23H29NO3/c1-6-7-13-26-22-15-17(2)23(18(3)16-22)27-14-12-20-8-10-21(11-9-20)19(4)24-25-5/h6-11,15-16H,12-14H2,1-5H3/b7-6+,24-19+. The average Bonchev–Trinajstić information content (AvgIpc) is 2.65. The van der Waals surface area contributed by atoms with E-state index in [-0.39, 0.29) is 0 Å². The van der Waals surface area contributed by atoms with Crippen molar-refractivity contribution in [1.29, 1.82) is 0 Å². The molecule has 0 aliphatic carbocycles. The van der Waals surface area contributed by atoms with Gasteiger partial charge in [0.2, 0.25) is 0 Å². The summed E-state index contributed by atoms with van der Waals surface area (Å²) in [6.07, 6.45) is 4.82. The molecule has 0 atom stereocenters. The highest BCUT2D eigenvalue weighted by atomic mass is 16.6. The van der Waals surface area contributed by atoms with Crippen LogP contribution in [-0.4, -0.2) is 26.0 Å². The van der Waals surface area contributed by atoms with Gasteiger partial charge in [-0.05, 0) is 62.1 Å². The molecule has 0 saturated heterocycles. The van der Waals surface area contributed by atoms with Crippen LogP contribution in [0.5, 0.6) is 11.5 Å². The van der Waals surface area contributed by atoms with Crippen LogP contribution >= 0.6 is 0 Å². The Hall–Kier alpha value is -2.75. The summed E-state index contributed by atoms with van der Waals surface area (Å²) in [6.45, 7) is 9.23. The van der Waals surface area contributed by atoms with Crippen LogP contribution in [0.25, 0.3) is 0 Å². The van der Waals surface area contributed by atoms with E-state index in [2.05, 4.69) is 43.3 Å². The molecule has 0 aliphatic rings. The minimum atomic E-state index is 0.583. The van der Waals surface area contributed by atoms with E-state index < -0.39 is 0 Å². The molecular weight excluding hydrogens is 338 g/mol. The normalized spacial score (nSPS) is 11.7. The van der Waals surface area contributed by atoms with E-state index >= 15 is 0 Å². The Kier molecular flexibility index (Phi) is 7.93. The zero-order valence-corrected chi connectivity index (χ0v) is 16.9. The van der Waals surface area contributed by atoms with Gasteiger partial charge in [-0.25, -0.2) is 0 Å². The Balaban J connectivity index is 1.94. The van der Waals surface area contributed by atoms with Gasteiger partial charge >= 0.3 is 0 Å². The highest BCUT2D eigenvalue weighted by Crippen LogP contribution is 2.28. The van der Waals surface area contributed by atoms with Crippen molar-refractivity contribution in [3.05, 3.63) is 70.8 Å². The SMILES string of the molecule is C/C=C/COc1cc(C)c(OCCc2ccc(/C(C)=N/OC)cc2)c(C)c1. The summed E-state index contributed by atoms with van der Waals surface area (Å²) in [5.41, 5.74) is 5.33. The molecule has 0 N–H and O–H groups in total. The maximum absolute atomic E-state index is 6.06. The molecule has 0 spiro atoms. The van der Waals surface area contributed by atoms with Crippen molar-refractivity contribution in [1.82, 2.24) is 0 Å². The van der Waals surface area contributed by atoms with Crippen molar-refractivity contribution in [3.63, 3.8) is 0 Å². The zero-order valence-electron chi connectivity index (χ0n) is 16.9. The number of aryl methyl sites for hydroxylation is 2. The number of allylic oxidation sites excluding steroid dienone is 1. The fraction of sp³-hybridized carbons (Fsp3) is 0.348. The van der Waals surface area contributed by atoms with Gasteiger partial charge in [-0.15, -0.1) is 0 Å². The van der Waals surface area contributed by atoms with Gasteiger partial charge in [-0.3, -0.25) is 0 Å². The summed E-state index contributed by atoms with van der Waals surface area (Å²) in [4.78, 5) is 4.82. The number of nitrogens with zero attached hydrogens (tertiary/aromatic N) is 1. The van der Waals surface area contributed by atoms with E-state index in [1.807, 2.05) is 38.1 Å². The minimum Gasteiger partial charge on any atom is -0.493 e. The molecule has 27 heavy (non-hydrogen) atoms. The third-order valence-corrected chi connectivity index (χ3v) is 4.25. The van der Waals surface area contributed by atoms with Gasteiger partial charge in [0.1, 0.15) is 25.2 Å². The fourth-order valence-corrected chi connectivity index (χ4v) is 2.84. The number of hydrogen-bond acceptors (Lipinski definition) is 4. The predicted molar refractivity (Wildman–Crippen MR) is 111 cm³/mol. The molecule has 2 aromatic rings. The zero-order chi connectivity index (χ0) is 19.6. The highest BCUT2D eigenvalue weighted by Gasteiger charge is 2.08. The molecule has 0 radical (unpaired) electrons. The van der Waals surface area contributed by atoms with E-state index in [1.165, 1.54) is 5.56 Å². The monoisotopic (exact) mass is 367 g/mol. The quantitative estimate of drug-likeness (QED) is 0.345. The van der Waals surface area contributed by atoms with E-state index in [1.54, 1.807) is 7.11 Å². The van der Waals surface area contributed by atoms with Crippen LogP contribution in [0, 0.1) is 13.8 Å². The summed E-state index contributed by atoms with van der Waals surface area (Å²) in [5.74, 6) is 1.81. The number of hydrogen-bond donors (Lipinski definition) is 0. The van der Waals surface area contributed by atoms with Gasteiger partial charge < -0.3 is 14.3 Å². The van der Waals surface area contributed by atoms with Crippen molar-refractivity contribution < 1.29 is 14.3 Å². The molecule has 4 nitrogen and oxygen atoms in total. The van der Waals surface area contributed by atoms with Crippen molar-refractivity contribution in [2.75, 3.05) is 20.3 Å². The summed E-state index contributed by atoms with van der Waals surface area (Å²) in [6, 6.07) is 12.4. The lowest BCUT2D eigenvalue weighted by molar-refractivity contribution is 0.213. The van der Waals surface area contributed by atoms with Crippen molar-refractivity contribution >= 4 is 5.71 Å². The molecule has 2 aromatic carbocycles. The largest absolute Gasteiger partial charge is 0.493 e. The average molecular weight is 367 g/mol. The first-order valence-corrected chi connectivity index (χ1v) is 9.20. The molecule has 0 amide bonds. The summed E-state index contributed by atoms with van der Waals surface area (Å²) < 4.78 is 11.8. The minimum absolute atomic E-state index is 0.583. The second-order valence-corrected chi connectivity index (χ2v) is 6.42. The van der Waals surface area contributed by atoms with Gasteiger partial charge in [-0.1, -0.05) is 41.6 Å². The van der Waals surface area contributed by atoms with Crippen molar-refractivity contribution in [2.45, 2.75) is 34.1 Å². The first-order valence-electron chi connectivity index (χ1n) is 9.20. The summed E-state index contributed by atoms with van der Waals surface area (Å²) >= 11 is 0. The molecule has 2 rings (SSSR count). The molecule has 0 bridgehead atoms. The maximum atomic E-state index is 6.06. The second-order valence-electron chi connectivity index (χ2n) is 6.42. The fourth-order valence-electron chi connectivity index (χ4n) is 2.84.